The third-order valence-electron chi connectivity index (χ3n) is 4.72. The van der Waals surface area contributed by atoms with E-state index in [0.717, 1.165) is 18.2 Å². The van der Waals surface area contributed by atoms with E-state index < -0.39 is 103 Å². The molecule has 0 amide bonds. The van der Waals surface area contributed by atoms with Crippen LogP contribution in [-0.2, 0) is 0 Å². The van der Waals surface area contributed by atoms with Gasteiger partial charge in [0.05, 0.1) is 24.8 Å². The van der Waals surface area contributed by atoms with Crippen molar-refractivity contribution >= 4 is 11.4 Å². The van der Waals surface area contributed by atoms with E-state index in [1.54, 1.807) is 0 Å². The molecule has 0 spiro atoms. The Morgan fingerprint density at radius 1 is 0.436 bits per heavy atom. The molecule has 0 N–H and O–H groups in total. The van der Waals surface area contributed by atoms with Gasteiger partial charge in [-0.25, -0.2) is 27.3 Å². The number of rotatable bonds is 4. The second kappa shape index (κ2) is 10.2. The molecule has 3 aromatic carbocycles. The normalized spacial score (nSPS) is 10.1. The highest BCUT2D eigenvalue weighted by Crippen LogP contribution is 2.46. The summed E-state index contributed by atoms with van der Waals surface area (Å²) in [5.74, 6) is -30.2. The summed E-state index contributed by atoms with van der Waals surface area (Å²) in [6, 6.07) is 3.00. The molecule has 0 atom stereocenters. The maximum atomic E-state index is 14.6. The van der Waals surface area contributed by atoms with Crippen molar-refractivity contribution in [2.45, 2.75) is 0 Å². The molecule has 39 heavy (non-hydrogen) atoms. The Morgan fingerprint density at radius 3 is 1.13 bits per heavy atom. The SMILES string of the molecule is [C-]#[N+]c1c(F)c(Oc2c(F)c(F)c(Oc3c(F)c(F)c(C#N)c(C#N)c3F)c(F)c2F)c(F)c(C#N)c1[N+]#[C-]. The van der Waals surface area contributed by atoms with Crippen LogP contribution in [0.15, 0.2) is 0 Å². The van der Waals surface area contributed by atoms with Crippen LogP contribution < -0.4 is 9.47 Å². The Morgan fingerprint density at radius 2 is 0.744 bits per heavy atom. The molecular formula is C23F9N5O2. The average Bonchev–Trinajstić information content (AvgIpc) is 2.92. The lowest BCUT2D eigenvalue weighted by Gasteiger charge is -2.16. The fourth-order valence-electron chi connectivity index (χ4n) is 2.96. The van der Waals surface area contributed by atoms with Gasteiger partial charge in [-0.05, 0) is 0 Å². The van der Waals surface area contributed by atoms with E-state index in [4.69, 9.17) is 28.9 Å². The number of benzene rings is 3. The summed E-state index contributed by atoms with van der Waals surface area (Å²) in [7, 11) is 0. The highest BCUT2D eigenvalue weighted by Gasteiger charge is 2.35. The van der Waals surface area contributed by atoms with Gasteiger partial charge < -0.3 is 9.47 Å². The molecule has 0 bridgehead atoms. The van der Waals surface area contributed by atoms with Gasteiger partial charge in [-0.3, -0.25) is 0 Å². The quantitative estimate of drug-likeness (QED) is 0.194. The monoisotopic (exact) mass is 549 g/mol. The van der Waals surface area contributed by atoms with Gasteiger partial charge in [0.1, 0.15) is 23.3 Å². The Bertz CT molecular complexity index is 1750. The van der Waals surface area contributed by atoms with Crippen LogP contribution in [0.1, 0.15) is 16.7 Å². The molecule has 0 saturated heterocycles. The summed E-state index contributed by atoms with van der Waals surface area (Å²) in [5.41, 5.74) is -6.78. The van der Waals surface area contributed by atoms with E-state index in [9.17, 15) is 39.5 Å². The summed E-state index contributed by atoms with van der Waals surface area (Å²) in [6.07, 6.45) is 0. The van der Waals surface area contributed by atoms with Crippen molar-refractivity contribution in [3.8, 4) is 41.2 Å². The van der Waals surface area contributed by atoms with Crippen molar-refractivity contribution in [3.63, 3.8) is 0 Å². The number of nitriles is 3. The van der Waals surface area contributed by atoms with Crippen molar-refractivity contribution in [2.75, 3.05) is 0 Å². The zero-order chi connectivity index (χ0) is 29.3. The van der Waals surface area contributed by atoms with Crippen molar-refractivity contribution in [1.29, 1.82) is 15.8 Å². The lowest BCUT2D eigenvalue weighted by molar-refractivity contribution is 0.306. The van der Waals surface area contributed by atoms with Gasteiger partial charge >= 0.3 is 0 Å². The van der Waals surface area contributed by atoms with E-state index in [0.29, 0.717) is 0 Å². The van der Waals surface area contributed by atoms with Gasteiger partial charge in [0.15, 0.2) is 29.0 Å². The highest BCUT2D eigenvalue weighted by atomic mass is 19.2. The largest absolute Gasteiger partial charge is 0.446 e. The van der Waals surface area contributed by atoms with Gasteiger partial charge in [-0.2, -0.15) is 37.7 Å². The molecule has 0 aliphatic rings. The zero-order valence-electron chi connectivity index (χ0n) is 18.0. The first kappa shape index (κ1) is 27.7. The van der Waals surface area contributed by atoms with Gasteiger partial charge in [0.25, 0.3) is 0 Å². The van der Waals surface area contributed by atoms with Gasteiger partial charge in [-0.15, -0.1) is 0 Å². The molecule has 0 heterocycles. The number of halogens is 9. The van der Waals surface area contributed by atoms with E-state index in [1.165, 1.54) is 0 Å². The molecule has 3 aromatic rings. The van der Waals surface area contributed by atoms with E-state index >= 15 is 0 Å². The number of hydrogen-bond acceptors (Lipinski definition) is 5. The lowest BCUT2D eigenvalue weighted by Crippen LogP contribution is -2.08. The lowest BCUT2D eigenvalue weighted by atomic mass is 10.1. The fourth-order valence-corrected chi connectivity index (χ4v) is 2.96. The maximum Gasteiger partial charge on any atom is 0.234 e. The van der Waals surface area contributed by atoms with Crippen LogP contribution in [0.3, 0.4) is 0 Å². The molecule has 0 fully saturated rings. The van der Waals surface area contributed by atoms with E-state index in [1.807, 2.05) is 0 Å². The average molecular weight is 549 g/mol. The molecule has 0 saturated carbocycles. The predicted molar refractivity (Wildman–Crippen MR) is 106 cm³/mol. The Labute approximate surface area is 209 Å². The van der Waals surface area contributed by atoms with E-state index in [2.05, 4.69) is 19.2 Å². The minimum atomic E-state index is -2.66. The molecular weight excluding hydrogens is 549 g/mol. The summed E-state index contributed by atoms with van der Waals surface area (Å²) in [5, 5.41) is 26.6. The second-order valence-electron chi connectivity index (χ2n) is 6.73. The summed E-state index contributed by atoms with van der Waals surface area (Å²) in [4.78, 5) is 5.15. The first-order valence-electron chi connectivity index (χ1n) is 9.33. The number of ether oxygens (including phenoxy) is 2. The number of nitrogens with zero attached hydrogens (tertiary/aromatic N) is 5. The molecule has 192 valence electrons. The van der Waals surface area contributed by atoms with Crippen molar-refractivity contribution < 1.29 is 49.0 Å². The van der Waals surface area contributed by atoms with Crippen LogP contribution in [0.5, 0.6) is 23.0 Å². The molecule has 0 aliphatic heterocycles. The molecule has 0 aromatic heterocycles. The standard InChI is InChI=1S/C23F9N5O2/c1-36-18-8(5-35)11(26)21(17(32)19(18)37-2)39-23-15(30)13(28)22(14(29)16(23)31)38-20-10(25)7(4-34)6(3-33)9(24)12(20)27. The van der Waals surface area contributed by atoms with Gasteiger partial charge in [0, 0.05) is 0 Å². The van der Waals surface area contributed by atoms with Crippen LogP contribution in [0, 0.1) is 99.5 Å². The first-order chi connectivity index (χ1) is 18.4. The van der Waals surface area contributed by atoms with Crippen LogP contribution >= 0.6 is 0 Å². The minimum Gasteiger partial charge on any atom is -0.446 e. The first-order valence-corrected chi connectivity index (χ1v) is 9.33. The smallest absolute Gasteiger partial charge is 0.234 e. The summed E-state index contributed by atoms with van der Waals surface area (Å²) in [6.45, 7) is 13.7. The maximum absolute atomic E-state index is 14.6. The van der Waals surface area contributed by atoms with Crippen LogP contribution in [0.25, 0.3) is 9.69 Å². The van der Waals surface area contributed by atoms with Crippen LogP contribution in [0.2, 0.25) is 0 Å². The van der Waals surface area contributed by atoms with Crippen molar-refractivity contribution in [1.82, 2.24) is 0 Å². The number of hydrogen-bond donors (Lipinski definition) is 0. The molecule has 3 rings (SSSR count). The topological polar surface area (TPSA) is 98.5 Å². The van der Waals surface area contributed by atoms with E-state index in [-0.39, 0.29) is 0 Å². The summed E-state index contributed by atoms with van der Waals surface area (Å²) >= 11 is 0. The summed E-state index contributed by atoms with van der Waals surface area (Å²) < 4.78 is 139. The molecule has 0 unspecified atom stereocenters. The van der Waals surface area contributed by atoms with Crippen LogP contribution in [-0.4, -0.2) is 0 Å². The predicted octanol–water partition coefficient (Wildman–Crippen LogP) is 7.24. The third-order valence-corrected chi connectivity index (χ3v) is 4.72. The zero-order valence-corrected chi connectivity index (χ0v) is 18.0. The van der Waals surface area contributed by atoms with Gasteiger partial charge in [0.2, 0.25) is 57.7 Å². The van der Waals surface area contributed by atoms with Crippen molar-refractivity contribution in [3.05, 3.63) is 91.9 Å². The molecule has 0 radical (unpaired) electrons. The third kappa shape index (κ3) is 4.11. The van der Waals surface area contributed by atoms with Crippen molar-refractivity contribution in [2.24, 2.45) is 0 Å². The molecule has 7 nitrogen and oxygen atoms in total. The van der Waals surface area contributed by atoms with Crippen LogP contribution in [0.4, 0.5) is 50.9 Å². The minimum absolute atomic E-state index is 0.958. The Hall–Kier alpha value is -5.92. The second-order valence-corrected chi connectivity index (χ2v) is 6.73. The Balaban J connectivity index is 2.25. The Kier molecular flexibility index (Phi) is 7.25. The highest BCUT2D eigenvalue weighted by molar-refractivity contribution is 5.80. The van der Waals surface area contributed by atoms with Gasteiger partial charge in [-0.1, -0.05) is 0 Å². The fraction of sp³-hybridized carbons (Fsp3) is 0. The molecule has 16 heteroatoms. The molecule has 0 aliphatic carbocycles.